The molecule has 0 aromatic heterocycles. The highest BCUT2D eigenvalue weighted by molar-refractivity contribution is 5.69. The second kappa shape index (κ2) is 8.45. The fourth-order valence-electron chi connectivity index (χ4n) is 1.55. The molecule has 1 rings (SSSR count). The number of ether oxygens (including phenoxy) is 2. The molecular formula is C14H18F2O3. The first-order chi connectivity index (χ1) is 9.13. The summed E-state index contributed by atoms with van der Waals surface area (Å²) in [5, 5.41) is 0. The maximum absolute atomic E-state index is 13.2. The number of unbranched alkanes of at least 4 members (excludes halogenated alkanes) is 2. The first-order valence-corrected chi connectivity index (χ1v) is 6.37. The lowest BCUT2D eigenvalue weighted by Gasteiger charge is -2.07. The van der Waals surface area contributed by atoms with Crippen molar-refractivity contribution in [3.05, 3.63) is 29.8 Å². The highest BCUT2D eigenvalue weighted by Crippen LogP contribution is 2.18. The molecule has 0 atom stereocenters. The van der Waals surface area contributed by atoms with E-state index in [2.05, 4.69) is 0 Å². The standard InChI is InChI=1S/C14H18F2O3/c1-2-18-14(17)6-4-3-5-9-19-13-10-11(15)7-8-12(13)16/h7-8,10H,2-6,9H2,1H3. The lowest BCUT2D eigenvalue weighted by Crippen LogP contribution is -2.04. The van der Waals surface area contributed by atoms with Crippen LogP contribution in [0.1, 0.15) is 32.6 Å². The molecule has 106 valence electrons. The van der Waals surface area contributed by atoms with Gasteiger partial charge in [-0.05, 0) is 38.3 Å². The molecule has 0 bridgehead atoms. The van der Waals surface area contributed by atoms with Crippen LogP contribution in [0, 0.1) is 11.6 Å². The largest absolute Gasteiger partial charge is 0.490 e. The van der Waals surface area contributed by atoms with Gasteiger partial charge in [0.05, 0.1) is 13.2 Å². The summed E-state index contributed by atoms with van der Waals surface area (Å²) in [6.07, 6.45) is 2.53. The molecule has 0 saturated heterocycles. The van der Waals surface area contributed by atoms with Crippen molar-refractivity contribution in [3.8, 4) is 5.75 Å². The Morgan fingerprint density at radius 3 is 2.74 bits per heavy atom. The highest BCUT2D eigenvalue weighted by Gasteiger charge is 2.05. The van der Waals surface area contributed by atoms with Crippen LogP contribution in [0.15, 0.2) is 18.2 Å². The molecule has 0 N–H and O–H groups in total. The Kier molecular flexibility index (Phi) is 6.85. The van der Waals surface area contributed by atoms with E-state index in [0.717, 1.165) is 24.6 Å². The average Bonchev–Trinajstić information content (AvgIpc) is 2.38. The quantitative estimate of drug-likeness (QED) is 0.537. The van der Waals surface area contributed by atoms with Crippen LogP contribution in [0.5, 0.6) is 5.75 Å². The van der Waals surface area contributed by atoms with Crippen molar-refractivity contribution in [3.63, 3.8) is 0 Å². The Labute approximate surface area is 111 Å². The SMILES string of the molecule is CCOC(=O)CCCCCOc1cc(F)ccc1F. The van der Waals surface area contributed by atoms with Crippen molar-refractivity contribution in [2.45, 2.75) is 32.6 Å². The van der Waals surface area contributed by atoms with Gasteiger partial charge < -0.3 is 9.47 Å². The van der Waals surface area contributed by atoms with E-state index in [1.54, 1.807) is 6.92 Å². The molecule has 0 heterocycles. The van der Waals surface area contributed by atoms with Crippen molar-refractivity contribution in [2.24, 2.45) is 0 Å². The van der Waals surface area contributed by atoms with Gasteiger partial charge in [-0.1, -0.05) is 0 Å². The third kappa shape index (κ3) is 6.18. The summed E-state index contributed by atoms with van der Waals surface area (Å²) >= 11 is 0. The van der Waals surface area contributed by atoms with Gasteiger partial charge in [-0.2, -0.15) is 0 Å². The van der Waals surface area contributed by atoms with E-state index >= 15 is 0 Å². The van der Waals surface area contributed by atoms with E-state index in [0.29, 0.717) is 32.5 Å². The smallest absolute Gasteiger partial charge is 0.305 e. The molecule has 0 fully saturated rings. The summed E-state index contributed by atoms with van der Waals surface area (Å²) in [7, 11) is 0. The number of carbonyl (C=O) groups excluding carboxylic acids is 1. The number of rotatable bonds is 8. The minimum atomic E-state index is -0.576. The molecule has 0 spiro atoms. The molecule has 3 nitrogen and oxygen atoms in total. The minimum absolute atomic E-state index is 0.0783. The van der Waals surface area contributed by atoms with Gasteiger partial charge in [0.25, 0.3) is 0 Å². The van der Waals surface area contributed by atoms with Crippen molar-refractivity contribution in [1.82, 2.24) is 0 Å². The molecule has 0 aliphatic heterocycles. The van der Waals surface area contributed by atoms with Gasteiger partial charge in [-0.3, -0.25) is 4.79 Å². The molecular weight excluding hydrogens is 254 g/mol. The Bertz CT molecular complexity index is 408. The fraction of sp³-hybridized carbons (Fsp3) is 0.500. The lowest BCUT2D eigenvalue weighted by atomic mass is 10.2. The topological polar surface area (TPSA) is 35.5 Å². The van der Waals surface area contributed by atoms with Gasteiger partial charge in [0.2, 0.25) is 0 Å². The van der Waals surface area contributed by atoms with E-state index in [1.165, 1.54) is 0 Å². The summed E-state index contributed by atoms with van der Waals surface area (Å²) in [6, 6.07) is 3.10. The van der Waals surface area contributed by atoms with Crippen LogP contribution in [0.3, 0.4) is 0 Å². The first kappa shape index (κ1) is 15.4. The van der Waals surface area contributed by atoms with Gasteiger partial charge in [0.1, 0.15) is 5.82 Å². The average molecular weight is 272 g/mol. The molecule has 5 heteroatoms. The van der Waals surface area contributed by atoms with E-state index in [1.807, 2.05) is 0 Å². The molecule has 19 heavy (non-hydrogen) atoms. The van der Waals surface area contributed by atoms with E-state index in [9.17, 15) is 13.6 Å². The number of hydrogen-bond donors (Lipinski definition) is 0. The molecule has 0 aliphatic rings. The van der Waals surface area contributed by atoms with Crippen LogP contribution < -0.4 is 4.74 Å². The van der Waals surface area contributed by atoms with Crippen molar-refractivity contribution in [1.29, 1.82) is 0 Å². The van der Waals surface area contributed by atoms with Crippen LogP contribution in [0.25, 0.3) is 0 Å². The zero-order valence-electron chi connectivity index (χ0n) is 11.0. The fourth-order valence-corrected chi connectivity index (χ4v) is 1.55. The van der Waals surface area contributed by atoms with Crippen molar-refractivity contribution in [2.75, 3.05) is 13.2 Å². The van der Waals surface area contributed by atoms with E-state index in [-0.39, 0.29) is 11.7 Å². The van der Waals surface area contributed by atoms with Crippen molar-refractivity contribution < 1.29 is 23.0 Å². The third-order valence-electron chi connectivity index (χ3n) is 2.48. The van der Waals surface area contributed by atoms with Gasteiger partial charge in [0, 0.05) is 12.5 Å². The molecule has 0 radical (unpaired) electrons. The number of benzene rings is 1. The highest BCUT2D eigenvalue weighted by atomic mass is 19.1. The van der Waals surface area contributed by atoms with Crippen molar-refractivity contribution >= 4 is 5.97 Å². The van der Waals surface area contributed by atoms with Crippen LogP contribution in [-0.2, 0) is 9.53 Å². The molecule has 0 amide bonds. The summed E-state index contributed by atoms with van der Waals surface area (Å²) in [5.41, 5.74) is 0. The molecule has 0 unspecified atom stereocenters. The number of hydrogen-bond acceptors (Lipinski definition) is 3. The predicted molar refractivity (Wildman–Crippen MR) is 67.0 cm³/mol. The maximum Gasteiger partial charge on any atom is 0.305 e. The zero-order chi connectivity index (χ0) is 14.1. The molecule has 0 aliphatic carbocycles. The third-order valence-corrected chi connectivity index (χ3v) is 2.48. The summed E-state index contributed by atoms with van der Waals surface area (Å²) in [5.74, 6) is -1.39. The number of halogens is 2. The number of esters is 1. The lowest BCUT2D eigenvalue weighted by molar-refractivity contribution is -0.143. The van der Waals surface area contributed by atoms with E-state index in [4.69, 9.17) is 9.47 Å². The summed E-state index contributed by atoms with van der Waals surface area (Å²) in [4.78, 5) is 11.0. The molecule has 0 saturated carbocycles. The minimum Gasteiger partial charge on any atom is -0.490 e. The van der Waals surface area contributed by atoms with Crippen LogP contribution in [0.4, 0.5) is 8.78 Å². The summed E-state index contributed by atoms with van der Waals surface area (Å²) in [6.45, 7) is 2.45. The van der Waals surface area contributed by atoms with Gasteiger partial charge in [0.15, 0.2) is 11.6 Å². The van der Waals surface area contributed by atoms with Gasteiger partial charge >= 0.3 is 5.97 Å². The van der Waals surface area contributed by atoms with Crippen LogP contribution in [-0.4, -0.2) is 19.2 Å². The monoisotopic (exact) mass is 272 g/mol. The Hall–Kier alpha value is -1.65. The number of carbonyl (C=O) groups is 1. The second-order valence-corrected chi connectivity index (χ2v) is 4.04. The Morgan fingerprint density at radius 2 is 2.00 bits per heavy atom. The maximum atomic E-state index is 13.2. The summed E-state index contributed by atoms with van der Waals surface area (Å²) < 4.78 is 35.9. The molecule has 1 aromatic carbocycles. The Balaban J connectivity index is 2.14. The first-order valence-electron chi connectivity index (χ1n) is 6.37. The second-order valence-electron chi connectivity index (χ2n) is 4.04. The normalized spacial score (nSPS) is 10.3. The van der Waals surface area contributed by atoms with Gasteiger partial charge in [-0.15, -0.1) is 0 Å². The zero-order valence-corrected chi connectivity index (χ0v) is 11.0. The van der Waals surface area contributed by atoms with Crippen LogP contribution >= 0.6 is 0 Å². The van der Waals surface area contributed by atoms with E-state index < -0.39 is 11.6 Å². The predicted octanol–water partition coefficient (Wildman–Crippen LogP) is 3.47. The Morgan fingerprint density at radius 1 is 1.21 bits per heavy atom. The molecule has 1 aromatic rings. The van der Waals surface area contributed by atoms with Crippen LogP contribution in [0.2, 0.25) is 0 Å². The van der Waals surface area contributed by atoms with Gasteiger partial charge in [-0.25, -0.2) is 8.78 Å².